The first-order valence-electron chi connectivity index (χ1n) is 16.2. The van der Waals surface area contributed by atoms with Crippen molar-refractivity contribution in [3.8, 4) is 16.9 Å². The molecule has 216 valence electrons. The first kappa shape index (κ1) is 25.6. The molecule has 7 aromatic rings. The molecule has 10 rings (SSSR count). The molecule has 0 radical (unpaired) electrons. The Morgan fingerprint density at radius 1 is 0.500 bits per heavy atom. The van der Waals surface area contributed by atoms with Crippen molar-refractivity contribution >= 4 is 32.7 Å². The van der Waals surface area contributed by atoms with Gasteiger partial charge in [0, 0.05) is 17.4 Å². The van der Waals surface area contributed by atoms with Crippen molar-refractivity contribution in [2.75, 3.05) is 0 Å². The number of rotatable bonds is 3. The SMILES string of the molecule is C1=C(c2ccc(C3(c4ccccc4)c4ccccc4-c4c3ccc3ccccc43)cc2)CCC2=C1c1cccc3cccc(c13)O2. The summed E-state index contributed by atoms with van der Waals surface area (Å²) < 4.78 is 6.47. The van der Waals surface area contributed by atoms with E-state index in [1.54, 1.807) is 0 Å². The predicted octanol–water partition coefficient (Wildman–Crippen LogP) is 11.3. The molecule has 3 aliphatic rings. The summed E-state index contributed by atoms with van der Waals surface area (Å²) in [6.45, 7) is 0. The highest BCUT2D eigenvalue weighted by molar-refractivity contribution is 6.05. The van der Waals surface area contributed by atoms with E-state index >= 15 is 0 Å². The molecule has 1 heterocycles. The highest BCUT2D eigenvalue weighted by atomic mass is 16.5. The van der Waals surface area contributed by atoms with E-state index in [0.717, 1.165) is 24.4 Å². The monoisotopic (exact) mass is 586 g/mol. The van der Waals surface area contributed by atoms with Crippen LogP contribution >= 0.6 is 0 Å². The smallest absolute Gasteiger partial charge is 0.135 e. The first-order chi connectivity index (χ1) is 22.8. The zero-order valence-electron chi connectivity index (χ0n) is 25.3. The Bertz CT molecular complexity index is 2420. The van der Waals surface area contributed by atoms with Crippen LogP contribution in [0.2, 0.25) is 0 Å². The van der Waals surface area contributed by atoms with Gasteiger partial charge < -0.3 is 4.74 Å². The molecule has 46 heavy (non-hydrogen) atoms. The fourth-order valence-corrected chi connectivity index (χ4v) is 8.48. The lowest BCUT2D eigenvalue weighted by molar-refractivity contribution is 0.408. The minimum atomic E-state index is -0.414. The summed E-state index contributed by atoms with van der Waals surface area (Å²) in [5.41, 5.74) is 12.7. The number of ether oxygens (including phenoxy) is 1. The van der Waals surface area contributed by atoms with Gasteiger partial charge in [-0.1, -0.05) is 146 Å². The number of hydrogen-bond donors (Lipinski definition) is 0. The van der Waals surface area contributed by atoms with Crippen LogP contribution in [-0.4, -0.2) is 0 Å². The van der Waals surface area contributed by atoms with E-state index in [4.69, 9.17) is 4.74 Å². The second-order valence-electron chi connectivity index (χ2n) is 12.7. The number of fused-ring (bicyclic) bond motifs is 6. The van der Waals surface area contributed by atoms with Crippen LogP contribution in [0, 0.1) is 0 Å². The summed E-state index contributed by atoms with van der Waals surface area (Å²) in [5.74, 6) is 2.06. The highest BCUT2D eigenvalue weighted by Crippen LogP contribution is 2.58. The number of benzene rings is 7. The highest BCUT2D eigenvalue weighted by Gasteiger charge is 2.46. The van der Waals surface area contributed by atoms with Crippen molar-refractivity contribution in [1.29, 1.82) is 0 Å². The van der Waals surface area contributed by atoms with Gasteiger partial charge >= 0.3 is 0 Å². The van der Waals surface area contributed by atoms with Crippen LogP contribution in [0.15, 0.2) is 163 Å². The van der Waals surface area contributed by atoms with Crippen LogP contribution in [0.25, 0.3) is 43.8 Å². The minimum Gasteiger partial charge on any atom is -0.460 e. The third kappa shape index (κ3) is 3.46. The Morgan fingerprint density at radius 3 is 2.11 bits per heavy atom. The van der Waals surface area contributed by atoms with Gasteiger partial charge in [0.1, 0.15) is 11.5 Å². The van der Waals surface area contributed by atoms with E-state index in [9.17, 15) is 0 Å². The largest absolute Gasteiger partial charge is 0.460 e. The standard InChI is InChI=1S/C45H30O/c1-2-13-33(14-3-1)45(39-18-7-6-16-37(39)44-35-15-5-4-10-30(35)22-26-40(44)45)34-24-20-29(21-25-34)32-23-27-41-38(28-32)36-17-8-11-31-12-9-19-42(46-41)43(31)36/h1-22,24-26,28H,23,27H2. The maximum Gasteiger partial charge on any atom is 0.135 e. The van der Waals surface area contributed by atoms with E-state index < -0.39 is 5.41 Å². The molecule has 0 spiro atoms. The summed E-state index contributed by atoms with van der Waals surface area (Å²) in [6, 6.07) is 56.0. The van der Waals surface area contributed by atoms with E-state index in [1.807, 2.05) is 0 Å². The van der Waals surface area contributed by atoms with Gasteiger partial charge in [-0.05, 0) is 84.8 Å². The molecule has 7 aromatic carbocycles. The van der Waals surface area contributed by atoms with Gasteiger partial charge in [-0.3, -0.25) is 0 Å². The molecule has 0 saturated carbocycles. The van der Waals surface area contributed by atoms with E-state index in [-0.39, 0.29) is 0 Å². The third-order valence-electron chi connectivity index (χ3n) is 10.5. The van der Waals surface area contributed by atoms with Crippen molar-refractivity contribution < 1.29 is 4.74 Å². The molecule has 1 unspecified atom stereocenters. The first-order valence-corrected chi connectivity index (χ1v) is 16.2. The lowest BCUT2D eigenvalue weighted by atomic mass is 9.67. The van der Waals surface area contributed by atoms with Crippen LogP contribution < -0.4 is 4.74 Å². The van der Waals surface area contributed by atoms with E-state index in [1.165, 1.54) is 77.2 Å². The zero-order valence-corrected chi connectivity index (χ0v) is 25.3. The van der Waals surface area contributed by atoms with Gasteiger partial charge in [-0.2, -0.15) is 0 Å². The molecular weight excluding hydrogens is 556 g/mol. The maximum atomic E-state index is 6.47. The lowest BCUT2D eigenvalue weighted by Gasteiger charge is -2.34. The van der Waals surface area contributed by atoms with Gasteiger partial charge in [-0.25, -0.2) is 0 Å². The van der Waals surface area contributed by atoms with Crippen LogP contribution in [0.3, 0.4) is 0 Å². The average Bonchev–Trinajstić information content (AvgIpc) is 3.44. The minimum absolute atomic E-state index is 0.414. The Balaban J connectivity index is 1.15. The summed E-state index contributed by atoms with van der Waals surface area (Å²) in [5, 5.41) is 5.03. The van der Waals surface area contributed by atoms with Gasteiger partial charge in [-0.15, -0.1) is 0 Å². The van der Waals surface area contributed by atoms with Crippen LogP contribution in [-0.2, 0) is 5.41 Å². The molecule has 0 saturated heterocycles. The van der Waals surface area contributed by atoms with Crippen molar-refractivity contribution in [1.82, 2.24) is 0 Å². The Labute approximate surface area is 268 Å². The molecule has 0 aromatic heterocycles. The number of allylic oxidation sites excluding steroid dienone is 4. The van der Waals surface area contributed by atoms with Gasteiger partial charge in [0.05, 0.1) is 5.41 Å². The van der Waals surface area contributed by atoms with Gasteiger partial charge in [0.15, 0.2) is 0 Å². The molecule has 0 bridgehead atoms. The molecular formula is C45H30O. The molecule has 1 aliphatic heterocycles. The van der Waals surface area contributed by atoms with E-state index in [0.29, 0.717) is 0 Å². The maximum absolute atomic E-state index is 6.47. The van der Waals surface area contributed by atoms with Crippen LogP contribution in [0.4, 0.5) is 0 Å². The van der Waals surface area contributed by atoms with E-state index in [2.05, 4.69) is 158 Å². The zero-order chi connectivity index (χ0) is 30.2. The summed E-state index contributed by atoms with van der Waals surface area (Å²) in [7, 11) is 0. The third-order valence-corrected chi connectivity index (χ3v) is 10.5. The Kier molecular flexibility index (Phi) is 5.39. The quantitative estimate of drug-likeness (QED) is 0.200. The molecule has 1 nitrogen and oxygen atoms in total. The fourth-order valence-electron chi connectivity index (χ4n) is 8.48. The van der Waals surface area contributed by atoms with Crippen molar-refractivity contribution in [3.05, 3.63) is 197 Å². The summed E-state index contributed by atoms with van der Waals surface area (Å²) in [4.78, 5) is 0. The molecule has 0 N–H and O–H groups in total. The molecule has 2 aliphatic carbocycles. The van der Waals surface area contributed by atoms with Crippen molar-refractivity contribution in [3.63, 3.8) is 0 Å². The topological polar surface area (TPSA) is 9.23 Å². The molecule has 0 fully saturated rings. The predicted molar refractivity (Wildman–Crippen MR) is 190 cm³/mol. The van der Waals surface area contributed by atoms with Crippen molar-refractivity contribution in [2.24, 2.45) is 0 Å². The number of hydrogen-bond acceptors (Lipinski definition) is 1. The van der Waals surface area contributed by atoms with Crippen LogP contribution in [0.1, 0.15) is 46.2 Å². The average molecular weight is 587 g/mol. The normalized spacial score (nSPS) is 17.7. The lowest BCUT2D eigenvalue weighted by Crippen LogP contribution is -2.28. The summed E-state index contributed by atoms with van der Waals surface area (Å²) in [6.07, 6.45) is 4.23. The second kappa shape index (κ2) is 9.67. The fraction of sp³-hybridized carbons (Fsp3) is 0.0667. The molecule has 1 heteroatoms. The van der Waals surface area contributed by atoms with Crippen LogP contribution in [0.5, 0.6) is 5.75 Å². The van der Waals surface area contributed by atoms with Gasteiger partial charge in [0.25, 0.3) is 0 Å². The van der Waals surface area contributed by atoms with Crippen molar-refractivity contribution in [2.45, 2.75) is 18.3 Å². The second-order valence-corrected chi connectivity index (χ2v) is 12.7. The molecule has 0 amide bonds. The Hall–Kier alpha value is -5.66. The molecule has 1 atom stereocenters. The van der Waals surface area contributed by atoms with Gasteiger partial charge in [0.2, 0.25) is 0 Å². The Morgan fingerprint density at radius 2 is 1.22 bits per heavy atom. The summed E-state index contributed by atoms with van der Waals surface area (Å²) >= 11 is 0.